The van der Waals surface area contributed by atoms with E-state index < -0.39 is 0 Å². The molecule has 0 saturated heterocycles. The minimum Gasteiger partial charge on any atom is -0.361 e. The number of nitrogens with one attached hydrogen (secondary N) is 2. The highest BCUT2D eigenvalue weighted by molar-refractivity contribution is 5.83. The number of hydrogen-bond acceptors (Lipinski definition) is 1. The van der Waals surface area contributed by atoms with Gasteiger partial charge in [0, 0.05) is 37.7 Å². The van der Waals surface area contributed by atoms with Gasteiger partial charge in [-0.05, 0) is 11.6 Å². The molecule has 0 saturated carbocycles. The van der Waals surface area contributed by atoms with Crippen LogP contribution < -0.4 is 5.32 Å². The molecule has 0 aliphatic heterocycles. The van der Waals surface area contributed by atoms with E-state index in [0.717, 1.165) is 11.1 Å². The average molecular weight is 217 g/mol. The summed E-state index contributed by atoms with van der Waals surface area (Å²) in [6, 6.07) is 7.99. The van der Waals surface area contributed by atoms with E-state index in [1.807, 2.05) is 24.4 Å². The van der Waals surface area contributed by atoms with Gasteiger partial charge in [0.05, 0.1) is 0 Å². The monoisotopic (exact) mass is 217 g/mol. The molecule has 0 spiro atoms. The van der Waals surface area contributed by atoms with Gasteiger partial charge < -0.3 is 15.2 Å². The van der Waals surface area contributed by atoms with E-state index in [2.05, 4.69) is 16.4 Å². The SMILES string of the molecule is CNC(=O)N(C)Cc1c[nH]c2ccccc12. The Morgan fingerprint density at radius 3 is 2.94 bits per heavy atom. The molecular weight excluding hydrogens is 202 g/mol. The van der Waals surface area contributed by atoms with E-state index >= 15 is 0 Å². The first kappa shape index (κ1) is 10.5. The number of rotatable bonds is 2. The first-order valence-electron chi connectivity index (χ1n) is 5.20. The lowest BCUT2D eigenvalue weighted by molar-refractivity contribution is 0.209. The minimum atomic E-state index is -0.0784. The van der Waals surface area contributed by atoms with E-state index in [4.69, 9.17) is 0 Å². The van der Waals surface area contributed by atoms with Crippen LogP contribution in [0, 0.1) is 0 Å². The van der Waals surface area contributed by atoms with Crippen LogP contribution in [0.2, 0.25) is 0 Å². The second kappa shape index (κ2) is 4.26. The number of fused-ring (bicyclic) bond motifs is 1. The molecule has 0 bridgehead atoms. The largest absolute Gasteiger partial charge is 0.361 e. The van der Waals surface area contributed by atoms with E-state index in [1.165, 1.54) is 5.39 Å². The molecule has 0 radical (unpaired) electrons. The molecule has 2 N–H and O–H groups in total. The Bertz CT molecular complexity index is 504. The summed E-state index contributed by atoms with van der Waals surface area (Å²) in [5.41, 5.74) is 2.23. The zero-order valence-electron chi connectivity index (χ0n) is 9.45. The Morgan fingerprint density at radius 1 is 1.44 bits per heavy atom. The van der Waals surface area contributed by atoms with Gasteiger partial charge in [0.15, 0.2) is 0 Å². The highest BCUT2D eigenvalue weighted by Crippen LogP contribution is 2.18. The predicted octanol–water partition coefficient (Wildman–Crippen LogP) is 1.94. The van der Waals surface area contributed by atoms with Crippen molar-refractivity contribution in [3.8, 4) is 0 Å². The van der Waals surface area contributed by atoms with Crippen molar-refractivity contribution in [3.63, 3.8) is 0 Å². The molecule has 4 heteroatoms. The predicted molar refractivity (Wildman–Crippen MR) is 64.2 cm³/mol. The van der Waals surface area contributed by atoms with Gasteiger partial charge in [-0.15, -0.1) is 0 Å². The number of amides is 2. The van der Waals surface area contributed by atoms with Crippen LogP contribution in [0.3, 0.4) is 0 Å². The third-order valence-electron chi connectivity index (χ3n) is 2.64. The van der Waals surface area contributed by atoms with Crippen LogP contribution in [0.25, 0.3) is 10.9 Å². The van der Waals surface area contributed by atoms with Crippen molar-refractivity contribution in [2.24, 2.45) is 0 Å². The summed E-state index contributed by atoms with van der Waals surface area (Å²) in [6.07, 6.45) is 1.95. The summed E-state index contributed by atoms with van der Waals surface area (Å²) < 4.78 is 0. The van der Waals surface area contributed by atoms with Gasteiger partial charge in [0.25, 0.3) is 0 Å². The maximum atomic E-state index is 11.4. The molecule has 0 atom stereocenters. The number of carbonyl (C=O) groups is 1. The molecule has 2 amide bonds. The summed E-state index contributed by atoms with van der Waals surface area (Å²) in [7, 11) is 3.41. The number of aromatic amines is 1. The Balaban J connectivity index is 2.24. The van der Waals surface area contributed by atoms with Crippen LogP contribution in [-0.4, -0.2) is 30.0 Å². The van der Waals surface area contributed by atoms with Crippen molar-refractivity contribution in [1.29, 1.82) is 0 Å². The highest BCUT2D eigenvalue weighted by atomic mass is 16.2. The second-order valence-electron chi connectivity index (χ2n) is 3.77. The molecule has 1 aromatic heterocycles. The standard InChI is InChI=1S/C12H15N3O/c1-13-12(16)15(2)8-9-7-14-11-6-4-3-5-10(9)11/h3-7,14H,8H2,1-2H3,(H,13,16). The number of hydrogen-bond donors (Lipinski definition) is 2. The Morgan fingerprint density at radius 2 is 2.19 bits per heavy atom. The lowest BCUT2D eigenvalue weighted by Gasteiger charge is -2.15. The van der Waals surface area contributed by atoms with Crippen molar-refractivity contribution >= 4 is 16.9 Å². The zero-order chi connectivity index (χ0) is 11.5. The lowest BCUT2D eigenvalue weighted by atomic mass is 10.2. The van der Waals surface area contributed by atoms with Crippen molar-refractivity contribution in [2.75, 3.05) is 14.1 Å². The summed E-state index contributed by atoms with van der Waals surface area (Å²) >= 11 is 0. The molecule has 4 nitrogen and oxygen atoms in total. The second-order valence-corrected chi connectivity index (χ2v) is 3.77. The van der Waals surface area contributed by atoms with Gasteiger partial charge >= 0.3 is 6.03 Å². The topological polar surface area (TPSA) is 48.1 Å². The molecule has 1 aromatic carbocycles. The van der Waals surface area contributed by atoms with Gasteiger partial charge in [-0.25, -0.2) is 4.79 Å². The quantitative estimate of drug-likeness (QED) is 0.793. The van der Waals surface area contributed by atoms with Gasteiger partial charge in [-0.3, -0.25) is 0 Å². The number of H-pyrrole nitrogens is 1. The number of nitrogens with zero attached hydrogens (tertiary/aromatic N) is 1. The first-order chi connectivity index (χ1) is 7.72. The molecular formula is C12H15N3O. The number of benzene rings is 1. The smallest absolute Gasteiger partial charge is 0.317 e. The van der Waals surface area contributed by atoms with Gasteiger partial charge in [-0.2, -0.15) is 0 Å². The number of para-hydroxylation sites is 1. The summed E-state index contributed by atoms with van der Waals surface area (Å²) in [6.45, 7) is 0.601. The fourth-order valence-corrected chi connectivity index (χ4v) is 1.78. The zero-order valence-corrected chi connectivity index (χ0v) is 9.45. The Kier molecular flexibility index (Phi) is 2.81. The maximum absolute atomic E-state index is 11.4. The molecule has 16 heavy (non-hydrogen) atoms. The molecule has 0 fully saturated rings. The molecule has 0 aliphatic carbocycles. The normalized spacial score (nSPS) is 10.4. The lowest BCUT2D eigenvalue weighted by Crippen LogP contribution is -2.34. The van der Waals surface area contributed by atoms with Crippen LogP contribution >= 0.6 is 0 Å². The van der Waals surface area contributed by atoms with E-state index in [0.29, 0.717) is 6.54 Å². The fourth-order valence-electron chi connectivity index (χ4n) is 1.78. The summed E-state index contributed by atoms with van der Waals surface area (Å²) in [5, 5.41) is 3.77. The minimum absolute atomic E-state index is 0.0784. The fraction of sp³-hybridized carbons (Fsp3) is 0.250. The van der Waals surface area contributed by atoms with Crippen molar-refractivity contribution in [2.45, 2.75) is 6.54 Å². The van der Waals surface area contributed by atoms with Crippen LogP contribution in [0.5, 0.6) is 0 Å². The van der Waals surface area contributed by atoms with E-state index in [-0.39, 0.29) is 6.03 Å². The maximum Gasteiger partial charge on any atom is 0.317 e. The summed E-state index contributed by atoms with van der Waals surface area (Å²) in [4.78, 5) is 16.2. The Labute approximate surface area is 94.3 Å². The molecule has 2 rings (SSSR count). The third kappa shape index (κ3) is 1.86. The van der Waals surface area contributed by atoms with Crippen LogP contribution in [0.15, 0.2) is 30.5 Å². The average Bonchev–Trinajstić information content (AvgIpc) is 2.72. The first-order valence-corrected chi connectivity index (χ1v) is 5.20. The van der Waals surface area contributed by atoms with Crippen LogP contribution in [0.4, 0.5) is 4.79 Å². The third-order valence-corrected chi connectivity index (χ3v) is 2.64. The number of carbonyl (C=O) groups excluding carboxylic acids is 1. The molecule has 0 unspecified atom stereocenters. The van der Waals surface area contributed by atoms with Crippen LogP contribution in [0.1, 0.15) is 5.56 Å². The summed E-state index contributed by atoms with van der Waals surface area (Å²) in [5.74, 6) is 0. The van der Waals surface area contributed by atoms with Crippen LogP contribution in [-0.2, 0) is 6.54 Å². The number of urea groups is 1. The van der Waals surface area contributed by atoms with Crippen molar-refractivity contribution in [1.82, 2.24) is 15.2 Å². The molecule has 0 aliphatic rings. The van der Waals surface area contributed by atoms with E-state index in [1.54, 1.807) is 19.0 Å². The van der Waals surface area contributed by atoms with Crippen molar-refractivity contribution in [3.05, 3.63) is 36.0 Å². The number of aromatic nitrogens is 1. The van der Waals surface area contributed by atoms with Crippen molar-refractivity contribution < 1.29 is 4.79 Å². The van der Waals surface area contributed by atoms with E-state index in [9.17, 15) is 4.79 Å². The van der Waals surface area contributed by atoms with Gasteiger partial charge in [0.2, 0.25) is 0 Å². The van der Waals surface area contributed by atoms with Gasteiger partial charge in [-0.1, -0.05) is 18.2 Å². The van der Waals surface area contributed by atoms with Gasteiger partial charge in [0.1, 0.15) is 0 Å². The Hall–Kier alpha value is -1.97. The molecule has 2 aromatic rings. The molecule has 1 heterocycles. The highest BCUT2D eigenvalue weighted by Gasteiger charge is 2.09. The molecule has 84 valence electrons.